The van der Waals surface area contributed by atoms with Gasteiger partial charge in [0, 0.05) is 45.1 Å². The first-order valence-electron chi connectivity index (χ1n) is 7.30. The van der Waals surface area contributed by atoms with Gasteiger partial charge in [0.25, 0.3) is 0 Å². The summed E-state index contributed by atoms with van der Waals surface area (Å²) in [5.74, 6) is 0. The van der Waals surface area contributed by atoms with Crippen molar-refractivity contribution in [2.24, 2.45) is 0 Å². The first-order valence-corrected chi connectivity index (χ1v) is 9.11. The van der Waals surface area contributed by atoms with Crippen LogP contribution in [0.3, 0.4) is 0 Å². The Kier molecular flexibility index (Phi) is 4.91. The number of nitrogens with zero attached hydrogens (tertiary/aromatic N) is 4. The first kappa shape index (κ1) is 16.3. The van der Waals surface area contributed by atoms with Gasteiger partial charge in [-0.05, 0) is 24.3 Å². The number of hydrogen-bond donors (Lipinski definition) is 0. The van der Waals surface area contributed by atoms with E-state index in [1.54, 1.807) is 6.20 Å². The highest BCUT2D eigenvalue weighted by atomic mass is 35.5. The third-order valence-corrected chi connectivity index (χ3v) is 5.89. The second-order valence-electron chi connectivity index (χ2n) is 5.32. The number of rotatable bonds is 4. The van der Waals surface area contributed by atoms with Gasteiger partial charge in [-0.3, -0.25) is 9.88 Å². The molecular weight excluding hydrogens is 336 g/mol. The minimum absolute atomic E-state index is 0.181. The highest BCUT2D eigenvalue weighted by Gasteiger charge is 2.28. The molecule has 1 aliphatic rings. The Morgan fingerprint density at radius 3 is 2.43 bits per heavy atom. The summed E-state index contributed by atoms with van der Waals surface area (Å²) in [5.41, 5.74) is 0.991. The maximum atomic E-state index is 12.6. The quantitative estimate of drug-likeness (QED) is 0.782. The van der Waals surface area contributed by atoms with Crippen LogP contribution < -0.4 is 0 Å². The van der Waals surface area contributed by atoms with E-state index in [0.29, 0.717) is 26.2 Å². The summed E-state index contributed by atoms with van der Waals surface area (Å²) >= 11 is 5.71. The molecule has 0 N–H and O–H groups in total. The number of sulfonamides is 1. The van der Waals surface area contributed by atoms with E-state index in [0.717, 1.165) is 12.2 Å². The average molecular weight is 353 g/mol. The summed E-state index contributed by atoms with van der Waals surface area (Å²) in [7, 11) is -3.51. The second-order valence-corrected chi connectivity index (χ2v) is 7.64. The lowest BCUT2D eigenvalue weighted by Gasteiger charge is -2.33. The fourth-order valence-corrected chi connectivity index (χ4v) is 3.99. The van der Waals surface area contributed by atoms with Crippen molar-refractivity contribution in [3.05, 3.63) is 53.6 Å². The predicted octanol–water partition coefficient (Wildman–Crippen LogP) is 1.64. The Hall–Kier alpha value is -1.54. The molecule has 1 saturated heterocycles. The normalized spacial score (nSPS) is 17.3. The molecule has 23 heavy (non-hydrogen) atoms. The van der Waals surface area contributed by atoms with Crippen LogP contribution in [-0.4, -0.2) is 53.8 Å². The van der Waals surface area contributed by atoms with Crippen molar-refractivity contribution in [3.8, 4) is 0 Å². The molecule has 2 aromatic rings. The Labute approximate surface area is 140 Å². The number of hydrogen-bond acceptors (Lipinski definition) is 5. The first-order chi connectivity index (χ1) is 11.1. The molecular formula is C15H17ClN4O2S. The van der Waals surface area contributed by atoms with E-state index in [1.807, 2.05) is 18.2 Å². The predicted molar refractivity (Wildman–Crippen MR) is 87.5 cm³/mol. The lowest BCUT2D eigenvalue weighted by Crippen LogP contribution is -2.48. The number of aromatic nitrogens is 2. The largest absolute Gasteiger partial charge is 0.295 e. The fraction of sp³-hybridized carbons (Fsp3) is 0.333. The van der Waals surface area contributed by atoms with Gasteiger partial charge in [0.15, 0.2) is 0 Å². The molecule has 0 atom stereocenters. The van der Waals surface area contributed by atoms with Gasteiger partial charge < -0.3 is 0 Å². The molecule has 0 unspecified atom stereocenters. The maximum Gasteiger partial charge on any atom is 0.244 e. The Balaban J connectivity index is 1.63. The van der Waals surface area contributed by atoms with E-state index in [9.17, 15) is 8.42 Å². The minimum Gasteiger partial charge on any atom is -0.295 e. The van der Waals surface area contributed by atoms with Crippen LogP contribution in [0.4, 0.5) is 0 Å². The van der Waals surface area contributed by atoms with Gasteiger partial charge >= 0.3 is 0 Å². The second kappa shape index (κ2) is 6.92. The van der Waals surface area contributed by atoms with Crippen LogP contribution in [-0.2, 0) is 16.6 Å². The van der Waals surface area contributed by atoms with Crippen molar-refractivity contribution in [1.29, 1.82) is 0 Å². The van der Waals surface area contributed by atoms with Crippen LogP contribution in [0.25, 0.3) is 0 Å². The van der Waals surface area contributed by atoms with Crippen LogP contribution >= 0.6 is 11.6 Å². The van der Waals surface area contributed by atoms with E-state index < -0.39 is 10.0 Å². The molecule has 3 rings (SSSR count). The van der Waals surface area contributed by atoms with Crippen LogP contribution in [0, 0.1) is 0 Å². The molecule has 8 heteroatoms. The van der Waals surface area contributed by atoms with Crippen LogP contribution in [0.5, 0.6) is 0 Å². The van der Waals surface area contributed by atoms with Crippen molar-refractivity contribution in [2.75, 3.05) is 26.2 Å². The van der Waals surface area contributed by atoms with Crippen molar-refractivity contribution >= 4 is 21.6 Å². The summed E-state index contributed by atoms with van der Waals surface area (Å²) in [6.45, 7) is 3.00. The highest BCUT2D eigenvalue weighted by Crippen LogP contribution is 2.18. The van der Waals surface area contributed by atoms with Gasteiger partial charge in [-0.2, -0.15) is 4.31 Å². The van der Waals surface area contributed by atoms with E-state index in [2.05, 4.69) is 14.9 Å². The monoisotopic (exact) mass is 352 g/mol. The molecule has 0 spiro atoms. The number of pyridine rings is 2. The van der Waals surface area contributed by atoms with E-state index in [4.69, 9.17) is 11.6 Å². The van der Waals surface area contributed by atoms with Crippen LogP contribution in [0.2, 0.25) is 5.15 Å². The zero-order valence-corrected chi connectivity index (χ0v) is 14.0. The Morgan fingerprint density at radius 1 is 1.04 bits per heavy atom. The summed E-state index contributed by atoms with van der Waals surface area (Å²) in [4.78, 5) is 10.5. The molecule has 0 aliphatic carbocycles. The molecule has 1 aliphatic heterocycles. The lowest BCUT2D eigenvalue weighted by molar-refractivity contribution is 0.180. The smallest absolute Gasteiger partial charge is 0.244 e. The van der Waals surface area contributed by atoms with Gasteiger partial charge in [-0.1, -0.05) is 17.7 Å². The van der Waals surface area contributed by atoms with Gasteiger partial charge in [0.1, 0.15) is 10.0 Å². The van der Waals surface area contributed by atoms with Crippen LogP contribution in [0.15, 0.2) is 47.6 Å². The van der Waals surface area contributed by atoms with E-state index in [-0.39, 0.29) is 10.0 Å². The molecule has 0 saturated carbocycles. The molecule has 0 radical (unpaired) electrons. The van der Waals surface area contributed by atoms with Crippen molar-refractivity contribution in [1.82, 2.24) is 19.2 Å². The summed E-state index contributed by atoms with van der Waals surface area (Å²) in [6.07, 6.45) is 3.07. The van der Waals surface area contributed by atoms with Crippen LogP contribution in [0.1, 0.15) is 5.69 Å². The van der Waals surface area contributed by atoms with Crippen molar-refractivity contribution in [3.63, 3.8) is 0 Å². The molecule has 3 heterocycles. The minimum atomic E-state index is -3.51. The lowest BCUT2D eigenvalue weighted by atomic mass is 10.3. The zero-order valence-electron chi connectivity index (χ0n) is 12.5. The summed E-state index contributed by atoms with van der Waals surface area (Å²) < 4.78 is 26.6. The Bertz CT molecular complexity index is 745. The standard InChI is InChI=1S/C15H17ClN4O2S/c16-15-5-4-14(11-18-15)23(21,22)20-9-7-19(8-10-20)12-13-3-1-2-6-17-13/h1-6,11H,7-10,12H2. The molecule has 1 fully saturated rings. The highest BCUT2D eigenvalue weighted by molar-refractivity contribution is 7.89. The zero-order chi connectivity index (χ0) is 16.3. The molecule has 122 valence electrons. The molecule has 2 aromatic heterocycles. The number of piperazine rings is 1. The molecule has 0 bridgehead atoms. The summed E-state index contributed by atoms with van der Waals surface area (Å²) in [5, 5.41) is 0.282. The van der Waals surface area contributed by atoms with Crippen molar-refractivity contribution < 1.29 is 8.42 Å². The molecule has 0 amide bonds. The fourth-order valence-electron chi connectivity index (χ4n) is 2.51. The average Bonchev–Trinajstić information content (AvgIpc) is 2.57. The summed E-state index contributed by atoms with van der Waals surface area (Å²) in [6, 6.07) is 8.80. The molecule has 0 aromatic carbocycles. The third kappa shape index (κ3) is 3.87. The number of halogens is 1. The Morgan fingerprint density at radius 2 is 1.83 bits per heavy atom. The van der Waals surface area contributed by atoms with Gasteiger partial charge in [0.05, 0.1) is 5.69 Å². The van der Waals surface area contributed by atoms with Crippen molar-refractivity contribution in [2.45, 2.75) is 11.4 Å². The van der Waals surface area contributed by atoms with E-state index in [1.165, 1.54) is 22.6 Å². The van der Waals surface area contributed by atoms with Gasteiger partial charge in [-0.25, -0.2) is 13.4 Å². The van der Waals surface area contributed by atoms with Gasteiger partial charge in [0.2, 0.25) is 10.0 Å². The van der Waals surface area contributed by atoms with E-state index >= 15 is 0 Å². The topological polar surface area (TPSA) is 66.4 Å². The van der Waals surface area contributed by atoms with Gasteiger partial charge in [-0.15, -0.1) is 0 Å². The third-order valence-electron chi connectivity index (χ3n) is 3.78. The SMILES string of the molecule is O=S(=O)(c1ccc(Cl)nc1)N1CCN(Cc2ccccn2)CC1. The molecule has 6 nitrogen and oxygen atoms in total. The maximum absolute atomic E-state index is 12.6.